The molecule has 0 aromatic rings. The number of aliphatic hydroxyl groups excluding tert-OH is 3. The number of hydrogen-bond acceptors (Lipinski definition) is 5. The van der Waals surface area contributed by atoms with E-state index in [1.165, 1.54) is 83.5 Å². The van der Waals surface area contributed by atoms with E-state index in [0.717, 1.165) is 12.8 Å². The number of unbranched alkanes of at least 4 members (excludes halogenated alkanes) is 13. The van der Waals surface area contributed by atoms with E-state index in [-0.39, 0.29) is 13.2 Å². The van der Waals surface area contributed by atoms with E-state index >= 15 is 0 Å². The number of ether oxygens (including phenoxy) is 2. The fourth-order valence-corrected chi connectivity index (χ4v) is 3.88. The van der Waals surface area contributed by atoms with Gasteiger partial charge in [0.05, 0.1) is 13.2 Å². The zero-order chi connectivity index (χ0) is 21.9. The first kappa shape index (κ1) is 27.6. The monoisotopic (exact) mass is 428 g/mol. The summed E-state index contributed by atoms with van der Waals surface area (Å²) < 4.78 is 10.7. The normalized spacial score (nSPS) is 22.9. The molecule has 1 fully saturated rings. The molecular formula is C25H48O5. The van der Waals surface area contributed by atoms with Crippen LogP contribution in [0.2, 0.25) is 0 Å². The highest BCUT2D eigenvalue weighted by molar-refractivity contribution is 4.87. The average Bonchev–Trinajstić information content (AvgIpc) is 3.08. The van der Waals surface area contributed by atoms with Crippen molar-refractivity contribution in [2.45, 2.75) is 128 Å². The molecule has 4 atom stereocenters. The highest BCUT2D eigenvalue weighted by atomic mass is 16.5. The van der Waals surface area contributed by atoms with Crippen molar-refractivity contribution in [3.05, 3.63) is 12.2 Å². The first-order valence-corrected chi connectivity index (χ1v) is 12.5. The van der Waals surface area contributed by atoms with E-state index in [4.69, 9.17) is 9.47 Å². The van der Waals surface area contributed by atoms with E-state index in [1.54, 1.807) is 0 Å². The minimum Gasteiger partial charge on any atom is -0.388 e. The Morgan fingerprint density at radius 1 is 0.833 bits per heavy atom. The van der Waals surface area contributed by atoms with Crippen molar-refractivity contribution in [1.29, 1.82) is 0 Å². The fourth-order valence-electron chi connectivity index (χ4n) is 3.88. The zero-order valence-corrected chi connectivity index (χ0v) is 19.4. The molecule has 0 aromatic heterocycles. The maximum absolute atomic E-state index is 9.96. The van der Waals surface area contributed by atoms with Crippen LogP contribution in [0.5, 0.6) is 0 Å². The van der Waals surface area contributed by atoms with Gasteiger partial charge in [-0.2, -0.15) is 0 Å². The highest BCUT2D eigenvalue weighted by Crippen LogP contribution is 2.18. The van der Waals surface area contributed by atoms with Gasteiger partial charge in [0.15, 0.2) is 0 Å². The van der Waals surface area contributed by atoms with Gasteiger partial charge < -0.3 is 24.8 Å². The van der Waals surface area contributed by atoms with Crippen LogP contribution < -0.4 is 0 Å². The van der Waals surface area contributed by atoms with Crippen LogP contribution in [0.15, 0.2) is 12.2 Å². The van der Waals surface area contributed by atoms with E-state index in [0.29, 0.717) is 6.61 Å². The Hall–Kier alpha value is -0.460. The Labute approximate surface area is 184 Å². The lowest BCUT2D eigenvalue weighted by Crippen LogP contribution is -2.40. The van der Waals surface area contributed by atoms with Gasteiger partial charge in [0.25, 0.3) is 0 Å². The van der Waals surface area contributed by atoms with Crippen LogP contribution in [0.4, 0.5) is 0 Å². The molecule has 0 radical (unpaired) electrons. The van der Waals surface area contributed by atoms with Crippen LogP contribution in [0.25, 0.3) is 0 Å². The molecule has 1 aliphatic heterocycles. The molecule has 1 heterocycles. The minimum absolute atomic E-state index is 0.0691. The molecule has 0 bridgehead atoms. The van der Waals surface area contributed by atoms with Gasteiger partial charge >= 0.3 is 0 Å². The summed E-state index contributed by atoms with van der Waals surface area (Å²) in [5.74, 6) is 0. The summed E-state index contributed by atoms with van der Waals surface area (Å²) in [5, 5.41) is 29.1. The van der Waals surface area contributed by atoms with E-state index < -0.39 is 24.4 Å². The van der Waals surface area contributed by atoms with Crippen LogP contribution in [0.1, 0.15) is 103 Å². The summed E-state index contributed by atoms with van der Waals surface area (Å²) >= 11 is 0. The maximum atomic E-state index is 9.96. The van der Waals surface area contributed by atoms with Gasteiger partial charge in [-0.05, 0) is 25.7 Å². The Morgan fingerprint density at radius 3 is 1.90 bits per heavy atom. The Morgan fingerprint density at radius 2 is 1.37 bits per heavy atom. The Kier molecular flexibility index (Phi) is 17.7. The van der Waals surface area contributed by atoms with Crippen LogP contribution in [0, 0.1) is 0 Å². The molecule has 1 saturated heterocycles. The minimum atomic E-state index is -1.03. The van der Waals surface area contributed by atoms with Gasteiger partial charge in [-0.15, -0.1) is 0 Å². The largest absolute Gasteiger partial charge is 0.388 e. The third-order valence-electron chi connectivity index (χ3n) is 5.91. The predicted molar refractivity (Wildman–Crippen MR) is 123 cm³/mol. The number of aliphatic hydroxyl groups is 3. The molecule has 0 amide bonds. The summed E-state index contributed by atoms with van der Waals surface area (Å²) in [7, 11) is 0. The summed E-state index contributed by atoms with van der Waals surface area (Å²) in [4.78, 5) is 0. The molecule has 0 saturated carbocycles. The third kappa shape index (κ3) is 13.8. The molecule has 1 rings (SSSR count). The SMILES string of the molecule is CCCC/C=C/CCCCCCCCCCCCCOC[C@H](O)[C@H]1OC[C@@H](O)[C@H]1O. The highest BCUT2D eigenvalue weighted by Gasteiger charge is 2.39. The molecule has 5 nitrogen and oxygen atoms in total. The Bertz CT molecular complexity index is 401. The second-order valence-electron chi connectivity index (χ2n) is 8.79. The van der Waals surface area contributed by atoms with Gasteiger partial charge in [-0.25, -0.2) is 0 Å². The maximum Gasteiger partial charge on any atom is 0.114 e. The topological polar surface area (TPSA) is 79.2 Å². The van der Waals surface area contributed by atoms with Gasteiger partial charge in [-0.1, -0.05) is 89.7 Å². The average molecular weight is 429 g/mol. The number of rotatable bonds is 20. The molecule has 1 aliphatic rings. The lowest BCUT2D eigenvalue weighted by atomic mass is 10.0. The molecule has 0 unspecified atom stereocenters. The summed E-state index contributed by atoms with van der Waals surface area (Å²) in [5.41, 5.74) is 0. The molecule has 30 heavy (non-hydrogen) atoms. The van der Waals surface area contributed by atoms with Crippen LogP contribution in [-0.4, -0.2) is 59.6 Å². The Balaban J connectivity index is 1.75. The summed E-state index contributed by atoms with van der Waals surface area (Å²) in [6.45, 7) is 3.08. The molecule has 3 N–H and O–H groups in total. The van der Waals surface area contributed by atoms with Crippen LogP contribution in [0.3, 0.4) is 0 Å². The van der Waals surface area contributed by atoms with Gasteiger partial charge in [-0.3, -0.25) is 0 Å². The zero-order valence-electron chi connectivity index (χ0n) is 19.4. The first-order chi connectivity index (χ1) is 14.7. The second kappa shape index (κ2) is 19.2. The van der Waals surface area contributed by atoms with Crippen molar-refractivity contribution >= 4 is 0 Å². The van der Waals surface area contributed by atoms with Gasteiger partial charge in [0.2, 0.25) is 0 Å². The van der Waals surface area contributed by atoms with E-state index in [1.807, 2.05) is 0 Å². The van der Waals surface area contributed by atoms with E-state index in [2.05, 4.69) is 19.1 Å². The smallest absolute Gasteiger partial charge is 0.114 e. The number of hydrogen-bond donors (Lipinski definition) is 3. The molecule has 5 heteroatoms. The van der Waals surface area contributed by atoms with Gasteiger partial charge in [0, 0.05) is 6.61 Å². The van der Waals surface area contributed by atoms with Crippen molar-refractivity contribution in [2.75, 3.05) is 19.8 Å². The quantitative estimate of drug-likeness (QED) is 0.190. The van der Waals surface area contributed by atoms with Crippen molar-refractivity contribution in [1.82, 2.24) is 0 Å². The van der Waals surface area contributed by atoms with Crippen LogP contribution >= 0.6 is 0 Å². The summed E-state index contributed by atoms with van der Waals surface area (Å²) in [6, 6.07) is 0. The lowest BCUT2D eigenvalue weighted by molar-refractivity contribution is -0.0813. The fraction of sp³-hybridized carbons (Fsp3) is 0.920. The van der Waals surface area contributed by atoms with Gasteiger partial charge in [0.1, 0.15) is 24.4 Å². The van der Waals surface area contributed by atoms with Crippen molar-refractivity contribution in [2.24, 2.45) is 0 Å². The van der Waals surface area contributed by atoms with Crippen molar-refractivity contribution < 1.29 is 24.8 Å². The molecule has 178 valence electrons. The molecular weight excluding hydrogens is 380 g/mol. The summed E-state index contributed by atoms with van der Waals surface area (Å²) in [6.07, 6.45) is 20.5. The van der Waals surface area contributed by atoms with Crippen molar-refractivity contribution in [3.8, 4) is 0 Å². The third-order valence-corrected chi connectivity index (χ3v) is 5.91. The molecule has 0 spiro atoms. The van der Waals surface area contributed by atoms with E-state index in [9.17, 15) is 15.3 Å². The lowest BCUT2D eigenvalue weighted by Gasteiger charge is -2.20. The number of allylic oxidation sites excluding steroid dienone is 2. The second-order valence-corrected chi connectivity index (χ2v) is 8.79. The first-order valence-electron chi connectivity index (χ1n) is 12.5. The molecule has 0 aromatic carbocycles. The predicted octanol–water partition coefficient (Wildman–Crippen LogP) is 4.91. The van der Waals surface area contributed by atoms with Crippen LogP contribution in [-0.2, 0) is 9.47 Å². The standard InChI is InChI=1S/C25H48O5/c1-2-3-4-5-6-7-8-9-10-11-12-13-14-15-16-17-18-19-29-20-23(27)25-24(28)22(26)21-30-25/h5-6,22-28H,2-4,7-21H2,1H3/b6-5+/t22-,23+,24-,25-/m1/s1. The molecule has 0 aliphatic carbocycles. The van der Waals surface area contributed by atoms with Crippen molar-refractivity contribution in [3.63, 3.8) is 0 Å².